The Balaban J connectivity index is 1.68. The summed E-state index contributed by atoms with van der Waals surface area (Å²) in [5.74, 6) is 0. The van der Waals surface area contributed by atoms with Crippen molar-refractivity contribution >= 4 is 0 Å². The molecule has 0 saturated carbocycles. The number of hydrogen-bond acceptors (Lipinski definition) is 1. The summed E-state index contributed by atoms with van der Waals surface area (Å²) in [7, 11) is 0. The van der Waals surface area contributed by atoms with Crippen molar-refractivity contribution in [3.63, 3.8) is 0 Å². The Morgan fingerprint density at radius 3 is 2.40 bits per heavy atom. The minimum absolute atomic E-state index is 0.534. The Kier molecular flexibility index (Phi) is 5.82. The van der Waals surface area contributed by atoms with Gasteiger partial charge in [-0.3, -0.25) is 0 Å². The molecule has 0 aliphatic rings. The summed E-state index contributed by atoms with van der Waals surface area (Å²) in [6, 6.07) is 19.9. The van der Waals surface area contributed by atoms with Crippen LogP contribution in [0.25, 0.3) is 0 Å². The molecule has 0 aliphatic carbocycles. The van der Waals surface area contributed by atoms with E-state index in [-0.39, 0.29) is 0 Å². The molecular weight excluding hydrogens is 242 g/mol. The lowest BCUT2D eigenvalue weighted by Crippen LogP contribution is -2.29. The summed E-state index contributed by atoms with van der Waals surface area (Å²) in [4.78, 5) is 0. The molecule has 1 unspecified atom stereocenters. The Bertz CT molecular complexity index is 504. The molecule has 0 amide bonds. The second-order valence-corrected chi connectivity index (χ2v) is 5.57. The van der Waals surface area contributed by atoms with E-state index >= 15 is 0 Å². The largest absolute Gasteiger partial charge is 0.314 e. The predicted octanol–water partition coefficient (Wildman–Crippen LogP) is 4.15. The van der Waals surface area contributed by atoms with Crippen LogP contribution < -0.4 is 5.32 Å². The smallest absolute Gasteiger partial charge is 0.00792 e. The van der Waals surface area contributed by atoms with E-state index in [2.05, 4.69) is 73.8 Å². The molecule has 1 heteroatoms. The molecule has 20 heavy (non-hydrogen) atoms. The molecule has 1 nitrogen and oxygen atoms in total. The molecule has 0 radical (unpaired) electrons. The summed E-state index contributed by atoms with van der Waals surface area (Å²) in [6.45, 7) is 5.55. The van der Waals surface area contributed by atoms with Crippen molar-refractivity contribution in [1.29, 1.82) is 0 Å². The molecule has 0 aromatic heterocycles. The SMILES string of the molecule is Cc1ccccc1CC(C)NCCCc1ccccc1. The molecule has 0 spiro atoms. The highest BCUT2D eigenvalue weighted by atomic mass is 14.9. The molecule has 2 aromatic carbocycles. The van der Waals surface area contributed by atoms with Crippen LogP contribution in [0, 0.1) is 6.92 Å². The van der Waals surface area contributed by atoms with Crippen LogP contribution in [0.2, 0.25) is 0 Å². The van der Waals surface area contributed by atoms with Gasteiger partial charge >= 0.3 is 0 Å². The topological polar surface area (TPSA) is 12.0 Å². The number of nitrogens with one attached hydrogen (secondary N) is 1. The number of aryl methyl sites for hydroxylation is 2. The van der Waals surface area contributed by atoms with Gasteiger partial charge in [-0.05, 0) is 56.3 Å². The van der Waals surface area contributed by atoms with Gasteiger partial charge in [0.1, 0.15) is 0 Å². The Hall–Kier alpha value is -1.60. The number of rotatable bonds is 7. The van der Waals surface area contributed by atoms with Crippen LogP contribution in [-0.2, 0) is 12.8 Å². The van der Waals surface area contributed by atoms with E-state index in [1.165, 1.54) is 23.1 Å². The lowest BCUT2D eigenvalue weighted by Gasteiger charge is -2.15. The zero-order chi connectivity index (χ0) is 14.2. The maximum atomic E-state index is 3.63. The van der Waals surface area contributed by atoms with Gasteiger partial charge in [-0.15, -0.1) is 0 Å². The molecule has 1 N–H and O–H groups in total. The van der Waals surface area contributed by atoms with Gasteiger partial charge < -0.3 is 5.32 Å². The lowest BCUT2D eigenvalue weighted by atomic mass is 10.0. The average molecular weight is 267 g/mol. The van der Waals surface area contributed by atoms with Crippen LogP contribution in [0.4, 0.5) is 0 Å². The second-order valence-electron chi connectivity index (χ2n) is 5.57. The predicted molar refractivity (Wildman–Crippen MR) is 87.1 cm³/mol. The Morgan fingerprint density at radius 2 is 1.65 bits per heavy atom. The molecule has 0 heterocycles. The first-order valence-electron chi connectivity index (χ1n) is 7.57. The lowest BCUT2D eigenvalue weighted by molar-refractivity contribution is 0.533. The number of benzene rings is 2. The van der Waals surface area contributed by atoms with Gasteiger partial charge in [-0.1, -0.05) is 54.6 Å². The molecule has 0 aliphatic heterocycles. The summed E-state index contributed by atoms with van der Waals surface area (Å²) in [5, 5.41) is 3.63. The van der Waals surface area contributed by atoms with Crippen LogP contribution in [0.5, 0.6) is 0 Å². The van der Waals surface area contributed by atoms with Crippen LogP contribution in [-0.4, -0.2) is 12.6 Å². The molecule has 0 bridgehead atoms. The molecule has 0 saturated heterocycles. The highest BCUT2D eigenvalue weighted by molar-refractivity contribution is 5.26. The summed E-state index contributed by atoms with van der Waals surface area (Å²) in [5.41, 5.74) is 4.28. The van der Waals surface area contributed by atoms with E-state index < -0.39 is 0 Å². The second kappa shape index (κ2) is 7.86. The molecule has 2 rings (SSSR count). The van der Waals surface area contributed by atoms with Crippen molar-refractivity contribution in [2.24, 2.45) is 0 Å². The van der Waals surface area contributed by atoms with Crippen molar-refractivity contribution < 1.29 is 0 Å². The standard InChI is InChI=1S/C19H25N/c1-16-9-6-7-13-19(16)15-17(2)20-14-8-12-18-10-4-3-5-11-18/h3-7,9-11,13,17,20H,8,12,14-15H2,1-2H3. The molecule has 106 valence electrons. The normalized spacial score (nSPS) is 12.3. The molecule has 2 aromatic rings. The van der Waals surface area contributed by atoms with Crippen LogP contribution in [0.15, 0.2) is 54.6 Å². The fraction of sp³-hybridized carbons (Fsp3) is 0.368. The van der Waals surface area contributed by atoms with E-state index in [1.807, 2.05) is 0 Å². The van der Waals surface area contributed by atoms with E-state index in [4.69, 9.17) is 0 Å². The van der Waals surface area contributed by atoms with E-state index in [0.717, 1.165) is 19.4 Å². The third-order valence-corrected chi connectivity index (χ3v) is 3.77. The van der Waals surface area contributed by atoms with Gasteiger partial charge in [0.2, 0.25) is 0 Å². The van der Waals surface area contributed by atoms with Gasteiger partial charge in [-0.25, -0.2) is 0 Å². The summed E-state index contributed by atoms with van der Waals surface area (Å²) >= 11 is 0. The monoisotopic (exact) mass is 267 g/mol. The molecule has 0 fully saturated rings. The fourth-order valence-electron chi connectivity index (χ4n) is 2.53. The molecule has 1 atom stereocenters. The first-order chi connectivity index (χ1) is 9.75. The third kappa shape index (κ3) is 4.82. The van der Waals surface area contributed by atoms with Crippen LogP contribution in [0.3, 0.4) is 0 Å². The Labute approximate surface area is 123 Å². The van der Waals surface area contributed by atoms with E-state index in [0.29, 0.717) is 6.04 Å². The van der Waals surface area contributed by atoms with Crippen molar-refractivity contribution in [2.75, 3.05) is 6.54 Å². The highest BCUT2D eigenvalue weighted by Gasteiger charge is 2.04. The van der Waals surface area contributed by atoms with Gasteiger partial charge in [0.25, 0.3) is 0 Å². The van der Waals surface area contributed by atoms with E-state index in [9.17, 15) is 0 Å². The van der Waals surface area contributed by atoms with Gasteiger partial charge in [0.15, 0.2) is 0 Å². The highest BCUT2D eigenvalue weighted by Crippen LogP contribution is 2.09. The van der Waals surface area contributed by atoms with E-state index in [1.54, 1.807) is 0 Å². The first-order valence-corrected chi connectivity index (χ1v) is 7.57. The Morgan fingerprint density at radius 1 is 0.950 bits per heavy atom. The van der Waals surface area contributed by atoms with Gasteiger partial charge in [0, 0.05) is 6.04 Å². The maximum absolute atomic E-state index is 3.63. The number of hydrogen-bond donors (Lipinski definition) is 1. The maximum Gasteiger partial charge on any atom is 0.00792 e. The van der Waals surface area contributed by atoms with Crippen molar-refractivity contribution in [3.05, 3.63) is 71.3 Å². The molecular formula is C19H25N. The fourth-order valence-corrected chi connectivity index (χ4v) is 2.53. The van der Waals surface area contributed by atoms with Crippen molar-refractivity contribution in [1.82, 2.24) is 5.32 Å². The minimum atomic E-state index is 0.534. The van der Waals surface area contributed by atoms with Crippen molar-refractivity contribution in [2.45, 2.75) is 39.2 Å². The average Bonchev–Trinajstić information content (AvgIpc) is 2.47. The third-order valence-electron chi connectivity index (χ3n) is 3.77. The summed E-state index contributed by atoms with van der Waals surface area (Å²) in [6.07, 6.45) is 3.46. The quantitative estimate of drug-likeness (QED) is 0.743. The van der Waals surface area contributed by atoms with Gasteiger partial charge in [0.05, 0.1) is 0 Å². The van der Waals surface area contributed by atoms with Gasteiger partial charge in [-0.2, -0.15) is 0 Å². The van der Waals surface area contributed by atoms with Crippen LogP contribution in [0.1, 0.15) is 30.0 Å². The first kappa shape index (κ1) is 14.8. The zero-order valence-electron chi connectivity index (χ0n) is 12.6. The van der Waals surface area contributed by atoms with Crippen LogP contribution >= 0.6 is 0 Å². The zero-order valence-corrected chi connectivity index (χ0v) is 12.6. The summed E-state index contributed by atoms with van der Waals surface area (Å²) < 4.78 is 0. The minimum Gasteiger partial charge on any atom is -0.314 e. The van der Waals surface area contributed by atoms with Crippen molar-refractivity contribution in [3.8, 4) is 0 Å².